The summed E-state index contributed by atoms with van der Waals surface area (Å²) >= 11 is 13.3. The Labute approximate surface area is 152 Å². The van der Waals surface area contributed by atoms with Crippen LogP contribution >= 0.6 is 35.0 Å². The smallest absolute Gasteiger partial charge is 0.230 e. The summed E-state index contributed by atoms with van der Waals surface area (Å²) in [5.41, 5.74) is 2.14. The first kappa shape index (κ1) is 19.9. The van der Waals surface area contributed by atoms with Gasteiger partial charge in [-0.2, -0.15) is 0 Å². The zero-order valence-electron chi connectivity index (χ0n) is 13.5. The Balaban J connectivity index is 0.00000127. The molecule has 0 atom stereocenters. The molecule has 0 aliphatic heterocycles. The molecule has 5 heteroatoms. The molecule has 2 aromatic rings. The summed E-state index contributed by atoms with van der Waals surface area (Å²) in [5.74, 6) is 0.386. The Kier molecular flexibility index (Phi) is 9.15. The number of carbonyl (C=O) groups excluding carboxylic acids is 1. The molecule has 2 aromatic carbocycles. The quantitative estimate of drug-likeness (QED) is 0.681. The minimum Gasteiger partial charge on any atom is -0.351 e. The lowest BCUT2D eigenvalue weighted by Crippen LogP contribution is -2.24. The third-order valence-electron chi connectivity index (χ3n) is 2.86. The van der Waals surface area contributed by atoms with E-state index in [1.165, 1.54) is 17.3 Å². The average molecular weight is 370 g/mol. The van der Waals surface area contributed by atoms with Gasteiger partial charge in [0.15, 0.2) is 0 Å². The molecule has 124 valence electrons. The molecular formula is C18H21Cl2NOS. The van der Waals surface area contributed by atoms with E-state index in [-0.39, 0.29) is 5.91 Å². The molecular weight excluding hydrogens is 349 g/mol. The summed E-state index contributed by atoms with van der Waals surface area (Å²) in [4.78, 5) is 12.9. The van der Waals surface area contributed by atoms with Crippen LogP contribution in [0.15, 0.2) is 47.4 Å². The highest BCUT2D eigenvalue weighted by atomic mass is 35.5. The van der Waals surface area contributed by atoms with E-state index in [4.69, 9.17) is 23.2 Å². The van der Waals surface area contributed by atoms with Crippen molar-refractivity contribution in [3.63, 3.8) is 0 Å². The van der Waals surface area contributed by atoms with E-state index < -0.39 is 0 Å². The van der Waals surface area contributed by atoms with Gasteiger partial charge in [-0.25, -0.2) is 0 Å². The minimum absolute atomic E-state index is 0.00773. The van der Waals surface area contributed by atoms with Crippen LogP contribution in [-0.4, -0.2) is 11.7 Å². The SMILES string of the molecule is CC.Cc1ccc(SCC(=O)NCc2ccc(Cl)c(Cl)c2)cc1. The Morgan fingerprint density at radius 1 is 1.04 bits per heavy atom. The van der Waals surface area contributed by atoms with Crippen molar-refractivity contribution >= 4 is 40.9 Å². The molecule has 0 radical (unpaired) electrons. The maximum Gasteiger partial charge on any atom is 0.230 e. The van der Waals surface area contributed by atoms with E-state index in [0.717, 1.165) is 10.5 Å². The number of nitrogens with one attached hydrogen (secondary N) is 1. The molecule has 1 N–H and O–H groups in total. The number of benzene rings is 2. The van der Waals surface area contributed by atoms with E-state index in [1.807, 2.05) is 51.1 Å². The highest BCUT2D eigenvalue weighted by molar-refractivity contribution is 8.00. The first-order valence-corrected chi connectivity index (χ1v) is 9.19. The van der Waals surface area contributed by atoms with E-state index in [0.29, 0.717) is 22.3 Å². The summed E-state index contributed by atoms with van der Waals surface area (Å²) in [7, 11) is 0. The zero-order chi connectivity index (χ0) is 17.2. The molecule has 0 saturated carbocycles. The summed E-state index contributed by atoms with van der Waals surface area (Å²) in [6.45, 7) is 6.49. The minimum atomic E-state index is -0.00773. The number of amides is 1. The van der Waals surface area contributed by atoms with Gasteiger partial charge in [0.25, 0.3) is 0 Å². The molecule has 0 aliphatic carbocycles. The van der Waals surface area contributed by atoms with Gasteiger partial charge in [-0.1, -0.05) is 60.8 Å². The van der Waals surface area contributed by atoms with Gasteiger partial charge < -0.3 is 5.32 Å². The van der Waals surface area contributed by atoms with Crippen molar-refractivity contribution in [1.29, 1.82) is 0 Å². The molecule has 0 aromatic heterocycles. The summed E-state index contributed by atoms with van der Waals surface area (Å²) in [6, 6.07) is 13.5. The Bertz CT molecular complexity index is 629. The van der Waals surface area contributed by atoms with Crippen LogP contribution in [0.5, 0.6) is 0 Å². The Morgan fingerprint density at radius 3 is 2.30 bits per heavy atom. The van der Waals surface area contributed by atoms with Crippen molar-refractivity contribution in [3.8, 4) is 0 Å². The number of thioether (sulfide) groups is 1. The molecule has 0 aliphatic rings. The van der Waals surface area contributed by atoms with Gasteiger partial charge in [-0.15, -0.1) is 11.8 Å². The number of aryl methyl sites for hydroxylation is 1. The Hall–Kier alpha value is -1.16. The fraction of sp³-hybridized carbons (Fsp3) is 0.278. The third-order valence-corrected chi connectivity index (χ3v) is 4.62. The average Bonchev–Trinajstić information content (AvgIpc) is 2.57. The second kappa shape index (κ2) is 10.6. The van der Waals surface area contributed by atoms with E-state index in [1.54, 1.807) is 12.1 Å². The molecule has 0 spiro atoms. The number of hydrogen-bond donors (Lipinski definition) is 1. The van der Waals surface area contributed by atoms with Crippen molar-refractivity contribution < 1.29 is 4.79 Å². The van der Waals surface area contributed by atoms with Crippen LogP contribution in [0.25, 0.3) is 0 Å². The van der Waals surface area contributed by atoms with Crippen molar-refractivity contribution in [1.82, 2.24) is 5.32 Å². The van der Waals surface area contributed by atoms with Crippen LogP contribution in [0, 0.1) is 6.92 Å². The molecule has 2 nitrogen and oxygen atoms in total. The predicted molar refractivity (Wildman–Crippen MR) is 102 cm³/mol. The predicted octanol–water partition coefficient (Wildman–Crippen LogP) is 5.74. The zero-order valence-corrected chi connectivity index (χ0v) is 15.9. The molecule has 0 heterocycles. The van der Waals surface area contributed by atoms with Crippen LogP contribution in [0.3, 0.4) is 0 Å². The molecule has 0 fully saturated rings. The van der Waals surface area contributed by atoms with Gasteiger partial charge in [-0.05, 0) is 36.8 Å². The highest BCUT2D eigenvalue weighted by Crippen LogP contribution is 2.22. The molecule has 2 rings (SSSR count). The maximum absolute atomic E-state index is 11.8. The van der Waals surface area contributed by atoms with Gasteiger partial charge in [0.2, 0.25) is 5.91 Å². The van der Waals surface area contributed by atoms with Crippen molar-refractivity contribution in [3.05, 3.63) is 63.6 Å². The van der Waals surface area contributed by atoms with Gasteiger partial charge >= 0.3 is 0 Å². The fourth-order valence-electron chi connectivity index (χ4n) is 1.68. The topological polar surface area (TPSA) is 29.1 Å². The van der Waals surface area contributed by atoms with Crippen molar-refractivity contribution in [2.45, 2.75) is 32.2 Å². The number of rotatable bonds is 5. The normalized spacial score (nSPS) is 9.78. The van der Waals surface area contributed by atoms with Crippen molar-refractivity contribution in [2.75, 3.05) is 5.75 Å². The van der Waals surface area contributed by atoms with Crippen LogP contribution in [-0.2, 0) is 11.3 Å². The van der Waals surface area contributed by atoms with Gasteiger partial charge in [0.05, 0.1) is 15.8 Å². The third kappa shape index (κ3) is 7.30. The van der Waals surface area contributed by atoms with Crippen LogP contribution in [0.1, 0.15) is 25.0 Å². The van der Waals surface area contributed by atoms with Gasteiger partial charge in [-0.3, -0.25) is 4.79 Å². The largest absolute Gasteiger partial charge is 0.351 e. The standard InChI is InChI=1S/C16H15Cl2NOS.C2H6/c1-11-2-5-13(6-3-11)21-10-16(20)19-9-12-4-7-14(17)15(18)8-12;1-2/h2-8H,9-10H2,1H3,(H,19,20);1-2H3. The first-order chi connectivity index (χ1) is 11.0. The van der Waals surface area contributed by atoms with Crippen LogP contribution in [0.2, 0.25) is 10.0 Å². The van der Waals surface area contributed by atoms with Crippen molar-refractivity contribution in [2.24, 2.45) is 0 Å². The molecule has 1 amide bonds. The highest BCUT2D eigenvalue weighted by Gasteiger charge is 2.04. The summed E-state index contributed by atoms with van der Waals surface area (Å²) < 4.78 is 0. The number of halogens is 2. The molecule has 0 unspecified atom stereocenters. The number of hydrogen-bond acceptors (Lipinski definition) is 2. The lowest BCUT2D eigenvalue weighted by Gasteiger charge is -2.06. The summed E-state index contributed by atoms with van der Waals surface area (Å²) in [6.07, 6.45) is 0. The second-order valence-electron chi connectivity index (χ2n) is 4.63. The number of carbonyl (C=O) groups is 1. The molecule has 0 bridgehead atoms. The lowest BCUT2D eigenvalue weighted by atomic mass is 10.2. The van der Waals surface area contributed by atoms with E-state index in [9.17, 15) is 4.79 Å². The summed E-state index contributed by atoms with van der Waals surface area (Å²) in [5, 5.41) is 3.88. The van der Waals surface area contributed by atoms with Crippen LogP contribution < -0.4 is 5.32 Å². The first-order valence-electron chi connectivity index (χ1n) is 7.44. The Morgan fingerprint density at radius 2 is 1.70 bits per heavy atom. The van der Waals surface area contributed by atoms with E-state index in [2.05, 4.69) is 5.32 Å². The van der Waals surface area contributed by atoms with Gasteiger partial charge in [0, 0.05) is 11.4 Å². The molecule has 0 saturated heterocycles. The fourth-order valence-corrected chi connectivity index (χ4v) is 2.73. The van der Waals surface area contributed by atoms with Crippen LogP contribution in [0.4, 0.5) is 0 Å². The molecule has 23 heavy (non-hydrogen) atoms. The van der Waals surface area contributed by atoms with Gasteiger partial charge in [0.1, 0.15) is 0 Å². The second-order valence-corrected chi connectivity index (χ2v) is 6.49. The maximum atomic E-state index is 11.8. The lowest BCUT2D eigenvalue weighted by molar-refractivity contribution is -0.118. The van der Waals surface area contributed by atoms with E-state index >= 15 is 0 Å². The monoisotopic (exact) mass is 369 g/mol.